The lowest BCUT2D eigenvalue weighted by atomic mass is 9.78. The van der Waals surface area contributed by atoms with Crippen molar-refractivity contribution in [1.82, 2.24) is 5.43 Å². The van der Waals surface area contributed by atoms with Crippen molar-refractivity contribution < 1.29 is 4.42 Å². The minimum absolute atomic E-state index is 0.260. The Kier molecular flexibility index (Phi) is 3.44. The fraction of sp³-hybridized carbons (Fsp3) is 0.667. The Labute approximate surface area is 91.0 Å². The number of hydrogen-bond donors (Lipinski definition) is 2. The topological polar surface area (TPSA) is 51.2 Å². The average Bonchev–Trinajstić information content (AvgIpc) is 2.75. The van der Waals surface area contributed by atoms with Crippen molar-refractivity contribution in [1.29, 1.82) is 0 Å². The molecule has 2 rings (SSSR count). The van der Waals surface area contributed by atoms with E-state index in [0.29, 0.717) is 5.92 Å². The standard InChI is InChI=1S/C12H20N2O/c1-9-2-4-10(5-3-9)12(14-13)11-6-7-15-8-11/h6-10,12,14H,2-5,13H2,1H3. The Morgan fingerprint density at radius 3 is 2.67 bits per heavy atom. The third-order valence-corrected chi connectivity index (χ3v) is 3.61. The first kappa shape index (κ1) is 10.7. The number of nitrogens with one attached hydrogen (secondary N) is 1. The van der Waals surface area contributed by atoms with E-state index in [2.05, 4.69) is 12.3 Å². The Hall–Kier alpha value is -0.800. The highest BCUT2D eigenvalue weighted by Gasteiger charge is 2.26. The van der Waals surface area contributed by atoms with E-state index in [0.717, 1.165) is 5.92 Å². The number of hydrazine groups is 1. The fourth-order valence-electron chi connectivity index (χ4n) is 2.58. The molecule has 0 aliphatic heterocycles. The summed E-state index contributed by atoms with van der Waals surface area (Å²) < 4.78 is 5.11. The van der Waals surface area contributed by atoms with Crippen molar-refractivity contribution in [2.45, 2.75) is 38.6 Å². The Bertz CT molecular complexity index is 276. The summed E-state index contributed by atoms with van der Waals surface area (Å²) in [5.74, 6) is 7.17. The number of hydrogen-bond acceptors (Lipinski definition) is 3. The molecule has 1 aromatic heterocycles. The van der Waals surface area contributed by atoms with Gasteiger partial charge in [0.05, 0.1) is 18.6 Å². The van der Waals surface area contributed by atoms with Gasteiger partial charge in [0.1, 0.15) is 0 Å². The van der Waals surface area contributed by atoms with Gasteiger partial charge in [-0.1, -0.05) is 19.8 Å². The summed E-state index contributed by atoms with van der Waals surface area (Å²) in [4.78, 5) is 0. The lowest BCUT2D eigenvalue weighted by Gasteiger charge is -2.31. The van der Waals surface area contributed by atoms with Crippen LogP contribution in [0, 0.1) is 11.8 Å². The molecule has 15 heavy (non-hydrogen) atoms. The van der Waals surface area contributed by atoms with Crippen molar-refractivity contribution >= 4 is 0 Å². The Morgan fingerprint density at radius 2 is 2.13 bits per heavy atom. The minimum atomic E-state index is 0.260. The predicted octanol–water partition coefficient (Wildman–Crippen LogP) is 2.61. The summed E-state index contributed by atoms with van der Waals surface area (Å²) in [6.07, 6.45) is 8.68. The van der Waals surface area contributed by atoms with E-state index in [1.165, 1.54) is 31.2 Å². The van der Waals surface area contributed by atoms with Crippen molar-refractivity contribution in [2.24, 2.45) is 17.7 Å². The minimum Gasteiger partial charge on any atom is -0.472 e. The highest BCUT2D eigenvalue weighted by molar-refractivity contribution is 5.12. The van der Waals surface area contributed by atoms with Gasteiger partial charge in [0.15, 0.2) is 0 Å². The van der Waals surface area contributed by atoms with Crippen LogP contribution in [0.15, 0.2) is 23.0 Å². The van der Waals surface area contributed by atoms with Crippen LogP contribution < -0.4 is 11.3 Å². The van der Waals surface area contributed by atoms with Crippen LogP contribution in [0.5, 0.6) is 0 Å². The second-order valence-corrected chi connectivity index (χ2v) is 4.72. The molecule has 0 aromatic carbocycles. The zero-order chi connectivity index (χ0) is 10.7. The van der Waals surface area contributed by atoms with Gasteiger partial charge in [0.25, 0.3) is 0 Å². The number of rotatable bonds is 3. The van der Waals surface area contributed by atoms with E-state index in [1.807, 2.05) is 6.07 Å². The van der Waals surface area contributed by atoms with Crippen LogP contribution in [0.2, 0.25) is 0 Å². The lowest BCUT2D eigenvalue weighted by molar-refractivity contribution is 0.232. The maximum Gasteiger partial charge on any atom is 0.0950 e. The molecule has 1 aliphatic rings. The summed E-state index contributed by atoms with van der Waals surface area (Å²) in [5.41, 5.74) is 4.11. The van der Waals surface area contributed by atoms with Crippen LogP contribution >= 0.6 is 0 Å². The molecule has 1 fully saturated rings. The molecule has 3 heteroatoms. The van der Waals surface area contributed by atoms with E-state index >= 15 is 0 Å². The van der Waals surface area contributed by atoms with Gasteiger partial charge >= 0.3 is 0 Å². The van der Waals surface area contributed by atoms with Gasteiger partial charge in [-0.05, 0) is 30.7 Å². The first-order chi connectivity index (χ1) is 7.31. The van der Waals surface area contributed by atoms with Gasteiger partial charge < -0.3 is 4.42 Å². The van der Waals surface area contributed by atoms with Gasteiger partial charge in [-0.2, -0.15) is 0 Å². The zero-order valence-electron chi connectivity index (χ0n) is 9.28. The SMILES string of the molecule is CC1CCC(C(NN)c2ccoc2)CC1. The van der Waals surface area contributed by atoms with Crippen molar-refractivity contribution in [3.8, 4) is 0 Å². The highest BCUT2D eigenvalue weighted by atomic mass is 16.3. The molecule has 1 aromatic rings. The molecule has 0 radical (unpaired) electrons. The summed E-state index contributed by atoms with van der Waals surface area (Å²) in [6.45, 7) is 2.33. The third-order valence-electron chi connectivity index (χ3n) is 3.61. The normalized spacial score (nSPS) is 28.9. The molecule has 1 unspecified atom stereocenters. The quantitative estimate of drug-likeness (QED) is 0.593. The summed E-state index contributed by atoms with van der Waals surface area (Å²) in [7, 11) is 0. The van der Waals surface area contributed by atoms with Crippen LogP contribution in [-0.2, 0) is 0 Å². The van der Waals surface area contributed by atoms with Crippen LogP contribution in [-0.4, -0.2) is 0 Å². The molecule has 0 amide bonds. The van der Waals surface area contributed by atoms with Gasteiger partial charge in [-0.3, -0.25) is 11.3 Å². The van der Waals surface area contributed by atoms with Crippen LogP contribution in [0.25, 0.3) is 0 Å². The van der Waals surface area contributed by atoms with Crippen LogP contribution in [0.3, 0.4) is 0 Å². The van der Waals surface area contributed by atoms with Crippen LogP contribution in [0.4, 0.5) is 0 Å². The molecule has 1 heterocycles. The van der Waals surface area contributed by atoms with Gasteiger partial charge in [0.2, 0.25) is 0 Å². The largest absolute Gasteiger partial charge is 0.472 e. The fourth-order valence-corrected chi connectivity index (χ4v) is 2.58. The molecule has 0 saturated heterocycles. The third kappa shape index (κ3) is 2.41. The molecule has 1 aliphatic carbocycles. The molecule has 0 spiro atoms. The molecule has 0 bridgehead atoms. The van der Waals surface area contributed by atoms with E-state index in [1.54, 1.807) is 12.5 Å². The van der Waals surface area contributed by atoms with Crippen molar-refractivity contribution in [3.63, 3.8) is 0 Å². The monoisotopic (exact) mass is 208 g/mol. The lowest BCUT2D eigenvalue weighted by Crippen LogP contribution is -2.34. The Morgan fingerprint density at radius 1 is 1.40 bits per heavy atom. The molecule has 1 atom stereocenters. The molecule has 1 saturated carbocycles. The van der Waals surface area contributed by atoms with E-state index < -0.39 is 0 Å². The molecule has 3 N–H and O–H groups in total. The Balaban J connectivity index is 2.01. The molecular weight excluding hydrogens is 188 g/mol. The maximum absolute atomic E-state index is 5.64. The summed E-state index contributed by atoms with van der Waals surface area (Å²) >= 11 is 0. The van der Waals surface area contributed by atoms with Gasteiger partial charge in [-0.15, -0.1) is 0 Å². The molecule has 3 nitrogen and oxygen atoms in total. The predicted molar refractivity (Wildman–Crippen MR) is 59.9 cm³/mol. The van der Waals surface area contributed by atoms with E-state index in [4.69, 9.17) is 10.3 Å². The van der Waals surface area contributed by atoms with Crippen molar-refractivity contribution in [2.75, 3.05) is 0 Å². The number of nitrogens with two attached hydrogens (primary N) is 1. The average molecular weight is 208 g/mol. The summed E-state index contributed by atoms with van der Waals surface area (Å²) in [5, 5.41) is 0. The van der Waals surface area contributed by atoms with Crippen molar-refractivity contribution in [3.05, 3.63) is 24.2 Å². The smallest absolute Gasteiger partial charge is 0.0950 e. The van der Waals surface area contributed by atoms with E-state index in [9.17, 15) is 0 Å². The maximum atomic E-state index is 5.64. The number of furan rings is 1. The molecular formula is C12H20N2O. The second kappa shape index (κ2) is 4.81. The zero-order valence-corrected chi connectivity index (χ0v) is 9.28. The first-order valence-electron chi connectivity index (χ1n) is 5.79. The van der Waals surface area contributed by atoms with Gasteiger partial charge in [-0.25, -0.2) is 0 Å². The highest BCUT2D eigenvalue weighted by Crippen LogP contribution is 2.36. The molecule has 84 valence electrons. The van der Waals surface area contributed by atoms with Gasteiger partial charge in [0, 0.05) is 5.56 Å². The van der Waals surface area contributed by atoms with E-state index in [-0.39, 0.29) is 6.04 Å². The summed E-state index contributed by atoms with van der Waals surface area (Å²) in [6, 6.07) is 2.26. The van der Waals surface area contributed by atoms with Crippen LogP contribution in [0.1, 0.15) is 44.2 Å². The second-order valence-electron chi connectivity index (χ2n) is 4.72. The first-order valence-corrected chi connectivity index (χ1v) is 5.79.